The van der Waals surface area contributed by atoms with Crippen molar-refractivity contribution in [2.24, 2.45) is 5.92 Å². The molecule has 1 saturated heterocycles. The zero-order valence-corrected chi connectivity index (χ0v) is 12.2. The van der Waals surface area contributed by atoms with E-state index in [1.165, 1.54) is 16.7 Å². The lowest BCUT2D eigenvalue weighted by Gasteiger charge is -2.29. The minimum absolute atomic E-state index is 0.170. The van der Waals surface area contributed by atoms with Crippen molar-refractivity contribution in [1.29, 1.82) is 0 Å². The number of hydrogen-bond acceptors (Lipinski definition) is 5. The number of nitrogens with one attached hydrogen (secondary N) is 1. The second-order valence-electron chi connectivity index (χ2n) is 4.88. The predicted octanol–water partition coefficient (Wildman–Crippen LogP) is 1.33. The molecule has 106 valence electrons. The van der Waals surface area contributed by atoms with E-state index in [1.807, 2.05) is 6.92 Å². The van der Waals surface area contributed by atoms with Gasteiger partial charge in [0.1, 0.15) is 4.90 Å². The lowest BCUT2D eigenvalue weighted by Crippen LogP contribution is -2.39. The average Bonchev–Trinajstić information content (AvgIpc) is 2.40. The van der Waals surface area contributed by atoms with E-state index in [9.17, 15) is 8.42 Å². The van der Waals surface area contributed by atoms with Gasteiger partial charge in [-0.25, -0.2) is 18.4 Å². The van der Waals surface area contributed by atoms with Gasteiger partial charge in [-0.2, -0.15) is 4.31 Å². The number of sulfonamides is 1. The summed E-state index contributed by atoms with van der Waals surface area (Å²) >= 11 is 0. The maximum absolute atomic E-state index is 12.4. The first-order valence-electron chi connectivity index (χ1n) is 6.60. The van der Waals surface area contributed by atoms with Gasteiger partial charge in [0.2, 0.25) is 16.0 Å². The first-order valence-corrected chi connectivity index (χ1v) is 8.04. The molecular formula is C12H20N4O2S. The molecule has 7 heteroatoms. The minimum Gasteiger partial charge on any atom is -0.355 e. The maximum Gasteiger partial charge on any atom is 0.246 e. The lowest BCUT2D eigenvalue weighted by atomic mass is 10.0. The van der Waals surface area contributed by atoms with Crippen LogP contribution in [0.5, 0.6) is 0 Å². The van der Waals surface area contributed by atoms with Crippen LogP contribution in [0.4, 0.5) is 5.95 Å². The van der Waals surface area contributed by atoms with Crippen LogP contribution in [-0.2, 0) is 10.0 Å². The highest BCUT2D eigenvalue weighted by Gasteiger charge is 2.29. The van der Waals surface area contributed by atoms with Crippen LogP contribution in [0.3, 0.4) is 0 Å². The molecule has 1 aliphatic rings. The molecule has 19 heavy (non-hydrogen) atoms. The van der Waals surface area contributed by atoms with E-state index in [0.29, 0.717) is 31.5 Å². The van der Waals surface area contributed by atoms with Crippen LogP contribution in [0.15, 0.2) is 17.3 Å². The van der Waals surface area contributed by atoms with Crippen molar-refractivity contribution in [3.63, 3.8) is 0 Å². The fourth-order valence-corrected chi connectivity index (χ4v) is 3.70. The molecule has 1 atom stereocenters. The molecule has 0 amide bonds. The zero-order valence-electron chi connectivity index (χ0n) is 11.3. The molecule has 1 fully saturated rings. The van der Waals surface area contributed by atoms with Crippen LogP contribution in [0, 0.1) is 5.92 Å². The Morgan fingerprint density at radius 3 is 2.68 bits per heavy atom. The summed E-state index contributed by atoms with van der Waals surface area (Å²) in [7, 11) is -3.45. The number of aromatic nitrogens is 2. The SMILES string of the molecule is CCNc1ncc(S(=O)(=O)N2CCCC(C)C2)cn1. The molecule has 1 aromatic rings. The first-order chi connectivity index (χ1) is 9.04. The van der Waals surface area contributed by atoms with E-state index in [2.05, 4.69) is 22.2 Å². The van der Waals surface area contributed by atoms with Crippen molar-refractivity contribution in [2.75, 3.05) is 25.0 Å². The van der Waals surface area contributed by atoms with Gasteiger partial charge in [-0.05, 0) is 25.7 Å². The van der Waals surface area contributed by atoms with E-state index in [4.69, 9.17) is 0 Å². The second kappa shape index (κ2) is 5.83. The minimum atomic E-state index is -3.45. The Balaban J connectivity index is 2.18. The van der Waals surface area contributed by atoms with Crippen molar-refractivity contribution in [3.8, 4) is 0 Å². The van der Waals surface area contributed by atoms with Gasteiger partial charge in [0.15, 0.2) is 0 Å². The second-order valence-corrected chi connectivity index (χ2v) is 6.82. The van der Waals surface area contributed by atoms with Gasteiger partial charge in [-0.1, -0.05) is 6.92 Å². The van der Waals surface area contributed by atoms with E-state index in [1.54, 1.807) is 0 Å². The number of anilines is 1. The molecule has 0 aromatic carbocycles. The van der Waals surface area contributed by atoms with Crippen molar-refractivity contribution < 1.29 is 8.42 Å². The molecule has 0 spiro atoms. The molecule has 1 N–H and O–H groups in total. The Labute approximate surface area is 114 Å². The average molecular weight is 284 g/mol. The Morgan fingerprint density at radius 2 is 2.11 bits per heavy atom. The standard InChI is InChI=1S/C12H20N4O2S/c1-3-13-12-14-7-11(8-15-12)19(17,18)16-6-4-5-10(2)9-16/h7-8,10H,3-6,9H2,1-2H3,(H,13,14,15). The number of rotatable bonds is 4. The molecule has 0 aliphatic carbocycles. The molecule has 1 unspecified atom stereocenters. The third-order valence-corrected chi connectivity index (χ3v) is 5.04. The summed E-state index contributed by atoms with van der Waals surface area (Å²) in [6.07, 6.45) is 4.75. The monoisotopic (exact) mass is 284 g/mol. The predicted molar refractivity (Wildman–Crippen MR) is 73.4 cm³/mol. The highest BCUT2D eigenvalue weighted by molar-refractivity contribution is 7.89. The van der Waals surface area contributed by atoms with Crippen LogP contribution >= 0.6 is 0 Å². The van der Waals surface area contributed by atoms with Crippen LogP contribution in [0.25, 0.3) is 0 Å². The van der Waals surface area contributed by atoms with E-state index >= 15 is 0 Å². The fourth-order valence-electron chi connectivity index (χ4n) is 2.21. The Morgan fingerprint density at radius 1 is 1.42 bits per heavy atom. The van der Waals surface area contributed by atoms with Gasteiger partial charge in [-0.15, -0.1) is 0 Å². The molecule has 1 aromatic heterocycles. The molecule has 2 rings (SSSR count). The smallest absolute Gasteiger partial charge is 0.246 e. The highest BCUT2D eigenvalue weighted by atomic mass is 32.2. The van der Waals surface area contributed by atoms with E-state index < -0.39 is 10.0 Å². The summed E-state index contributed by atoms with van der Waals surface area (Å²) < 4.78 is 26.4. The first kappa shape index (κ1) is 14.2. The number of nitrogens with zero attached hydrogens (tertiary/aromatic N) is 3. The molecule has 0 bridgehead atoms. The van der Waals surface area contributed by atoms with Crippen molar-refractivity contribution in [1.82, 2.24) is 14.3 Å². The van der Waals surface area contributed by atoms with Gasteiger partial charge in [0.05, 0.1) is 12.4 Å². The molecule has 0 radical (unpaired) electrons. The zero-order chi connectivity index (χ0) is 13.9. The largest absolute Gasteiger partial charge is 0.355 e. The van der Waals surface area contributed by atoms with Crippen molar-refractivity contribution in [2.45, 2.75) is 31.6 Å². The Bertz CT molecular complexity index is 515. The summed E-state index contributed by atoms with van der Waals surface area (Å²) in [5.74, 6) is 0.860. The van der Waals surface area contributed by atoms with Gasteiger partial charge >= 0.3 is 0 Å². The van der Waals surface area contributed by atoms with E-state index in [-0.39, 0.29) is 4.90 Å². The third-order valence-electron chi connectivity index (χ3n) is 3.22. The summed E-state index contributed by atoms with van der Waals surface area (Å²) in [5, 5.41) is 2.94. The fraction of sp³-hybridized carbons (Fsp3) is 0.667. The summed E-state index contributed by atoms with van der Waals surface area (Å²) in [6, 6.07) is 0. The molecule has 2 heterocycles. The van der Waals surface area contributed by atoms with Crippen LogP contribution in [-0.4, -0.2) is 42.3 Å². The van der Waals surface area contributed by atoms with Gasteiger partial charge in [0, 0.05) is 19.6 Å². The van der Waals surface area contributed by atoms with Crippen molar-refractivity contribution in [3.05, 3.63) is 12.4 Å². The maximum atomic E-state index is 12.4. The third kappa shape index (κ3) is 3.22. The topological polar surface area (TPSA) is 75.2 Å². The van der Waals surface area contributed by atoms with Crippen molar-refractivity contribution >= 4 is 16.0 Å². The quantitative estimate of drug-likeness (QED) is 0.902. The molecule has 1 aliphatic heterocycles. The van der Waals surface area contributed by atoms with Crippen LogP contribution in [0.2, 0.25) is 0 Å². The van der Waals surface area contributed by atoms with Gasteiger partial charge in [-0.3, -0.25) is 0 Å². The molecule has 0 saturated carbocycles. The Hall–Kier alpha value is -1.21. The lowest BCUT2D eigenvalue weighted by molar-refractivity contribution is 0.281. The molecular weight excluding hydrogens is 264 g/mol. The summed E-state index contributed by atoms with van der Waals surface area (Å²) in [5.41, 5.74) is 0. The van der Waals surface area contributed by atoms with E-state index in [0.717, 1.165) is 12.8 Å². The summed E-state index contributed by atoms with van der Waals surface area (Å²) in [4.78, 5) is 8.21. The van der Waals surface area contributed by atoms with Gasteiger partial charge in [0.25, 0.3) is 0 Å². The van der Waals surface area contributed by atoms with Gasteiger partial charge < -0.3 is 5.32 Å². The highest BCUT2D eigenvalue weighted by Crippen LogP contribution is 2.22. The normalized spacial score (nSPS) is 21.3. The van der Waals surface area contributed by atoms with Crippen LogP contribution < -0.4 is 5.32 Å². The molecule has 6 nitrogen and oxygen atoms in total. The Kier molecular flexibility index (Phi) is 4.36. The summed E-state index contributed by atoms with van der Waals surface area (Å²) in [6.45, 7) is 5.88. The number of piperidine rings is 1. The van der Waals surface area contributed by atoms with Crippen LogP contribution in [0.1, 0.15) is 26.7 Å². The number of hydrogen-bond donors (Lipinski definition) is 1.